The van der Waals surface area contributed by atoms with E-state index in [1.165, 1.54) is 0 Å². The van der Waals surface area contributed by atoms with Gasteiger partial charge in [-0.15, -0.1) is 0 Å². The van der Waals surface area contributed by atoms with Crippen LogP contribution >= 0.6 is 11.8 Å². The lowest BCUT2D eigenvalue weighted by molar-refractivity contribution is 0.972. The van der Waals surface area contributed by atoms with E-state index in [1.807, 2.05) is 18.2 Å². The lowest BCUT2D eigenvalue weighted by atomic mass is 10.3. The summed E-state index contributed by atoms with van der Waals surface area (Å²) < 4.78 is 0. The lowest BCUT2D eigenvalue weighted by Gasteiger charge is -1.92. The third kappa shape index (κ3) is 2.47. The zero-order valence-corrected chi connectivity index (χ0v) is 9.55. The highest BCUT2D eigenvalue weighted by atomic mass is 32.2. The molecule has 0 saturated carbocycles. The molecule has 0 spiro atoms. The fourth-order valence-corrected chi connectivity index (χ4v) is 2.22. The number of fused-ring (bicyclic) bond motifs is 1. The van der Waals surface area contributed by atoms with Gasteiger partial charge in [0, 0.05) is 17.9 Å². The summed E-state index contributed by atoms with van der Waals surface area (Å²) in [5, 5.41) is 9.30. The van der Waals surface area contributed by atoms with E-state index in [2.05, 4.69) is 16.0 Å². The van der Waals surface area contributed by atoms with Crippen molar-refractivity contribution in [2.45, 2.75) is 18.0 Å². The third-order valence-electron chi connectivity index (χ3n) is 2.16. The Labute approximate surface area is 97.9 Å². The number of nitrogens with zero attached hydrogens (tertiary/aromatic N) is 2. The van der Waals surface area contributed by atoms with Gasteiger partial charge in [0.05, 0.1) is 17.1 Å². The van der Waals surface area contributed by atoms with Crippen molar-refractivity contribution in [1.82, 2.24) is 9.97 Å². The van der Waals surface area contributed by atoms with E-state index in [9.17, 15) is 0 Å². The van der Waals surface area contributed by atoms with Crippen LogP contribution < -0.4 is 5.73 Å². The van der Waals surface area contributed by atoms with Crippen LogP contribution in [0.3, 0.4) is 0 Å². The van der Waals surface area contributed by atoms with Gasteiger partial charge < -0.3 is 10.7 Å². The molecule has 0 atom stereocenters. The predicted molar refractivity (Wildman–Crippen MR) is 66.1 cm³/mol. The highest BCUT2D eigenvalue weighted by molar-refractivity contribution is 7.99. The average molecular weight is 232 g/mol. The maximum Gasteiger partial charge on any atom is 0.166 e. The summed E-state index contributed by atoms with van der Waals surface area (Å²) in [6, 6.07) is 7.75. The topological polar surface area (TPSA) is 78.5 Å². The van der Waals surface area contributed by atoms with Crippen LogP contribution in [-0.4, -0.2) is 15.7 Å². The Morgan fingerprint density at radius 3 is 3.19 bits per heavy atom. The third-order valence-corrected chi connectivity index (χ3v) is 3.12. The van der Waals surface area contributed by atoms with E-state index in [0.717, 1.165) is 34.1 Å². The van der Waals surface area contributed by atoms with Crippen LogP contribution in [-0.2, 0) is 0 Å². The number of unbranched alkanes of at least 4 members (excludes halogenated alkanes) is 1. The van der Waals surface area contributed by atoms with E-state index in [0.29, 0.717) is 6.42 Å². The van der Waals surface area contributed by atoms with Gasteiger partial charge >= 0.3 is 0 Å². The molecule has 0 saturated heterocycles. The number of hydrogen-bond donors (Lipinski definition) is 2. The van der Waals surface area contributed by atoms with Gasteiger partial charge in [0.15, 0.2) is 5.16 Å². The van der Waals surface area contributed by atoms with Crippen molar-refractivity contribution in [1.29, 1.82) is 5.26 Å². The van der Waals surface area contributed by atoms with E-state index < -0.39 is 0 Å². The van der Waals surface area contributed by atoms with Crippen molar-refractivity contribution in [2.75, 3.05) is 11.5 Å². The summed E-state index contributed by atoms with van der Waals surface area (Å²) in [7, 11) is 0. The summed E-state index contributed by atoms with van der Waals surface area (Å²) in [5.74, 6) is 0.906. The molecule has 0 bridgehead atoms. The number of thioether (sulfide) groups is 1. The van der Waals surface area contributed by atoms with E-state index in [4.69, 9.17) is 11.0 Å². The number of nitrogens with two attached hydrogens (primary N) is 1. The second kappa shape index (κ2) is 4.90. The molecule has 0 unspecified atom stereocenters. The Morgan fingerprint density at radius 2 is 2.38 bits per heavy atom. The van der Waals surface area contributed by atoms with Crippen LogP contribution in [0.5, 0.6) is 0 Å². The Kier molecular flexibility index (Phi) is 3.32. The summed E-state index contributed by atoms with van der Waals surface area (Å²) in [4.78, 5) is 7.62. The number of nitriles is 1. The molecule has 1 aromatic heterocycles. The van der Waals surface area contributed by atoms with Gasteiger partial charge in [-0.25, -0.2) is 4.98 Å². The fraction of sp³-hybridized carbons (Fsp3) is 0.273. The Balaban J connectivity index is 2.06. The Morgan fingerprint density at radius 1 is 1.50 bits per heavy atom. The zero-order valence-electron chi connectivity index (χ0n) is 8.73. The van der Waals surface area contributed by atoms with Crippen molar-refractivity contribution in [2.24, 2.45) is 0 Å². The average Bonchev–Trinajstić information content (AvgIpc) is 2.66. The fourth-order valence-electron chi connectivity index (χ4n) is 1.39. The number of aromatic nitrogens is 2. The van der Waals surface area contributed by atoms with Crippen LogP contribution in [0.2, 0.25) is 0 Å². The maximum atomic E-state index is 8.41. The summed E-state index contributed by atoms with van der Waals surface area (Å²) >= 11 is 1.63. The number of anilines is 1. The molecule has 82 valence electrons. The van der Waals surface area contributed by atoms with Gasteiger partial charge in [-0.05, 0) is 24.6 Å². The molecule has 0 aliphatic heterocycles. The molecule has 0 aliphatic carbocycles. The van der Waals surface area contributed by atoms with Crippen molar-refractivity contribution < 1.29 is 0 Å². The standard InChI is InChI=1S/C11H12N4S/c12-5-1-2-6-16-11-14-9-4-3-8(13)7-10(9)15-11/h3-4,7H,1-2,6,13H2,(H,14,15). The van der Waals surface area contributed by atoms with Gasteiger partial charge in [-0.3, -0.25) is 0 Å². The molecular weight excluding hydrogens is 220 g/mol. The molecule has 1 aromatic carbocycles. The SMILES string of the molecule is N#CCCCSc1nc2ccc(N)cc2[nH]1. The second-order valence-electron chi connectivity index (χ2n) is 3.43. The number of nitrogens with one attached hydrogen (secondary N) is 1. The number of nitrogen functional groups attached to an aromatic ring is 1. The number of hydrogen-bond acceptors (Lipinski definition) is 4. The maximum absolute atomic E-state index is 8.41. The molecule has 16 heavy (non-hydrogen) atoms. The van der Waals surface area contributed by atoms with Gasteiger partial charge in [-0.1, -0.05) is 11.8 Å². The largest absolute Gasteiger partial charge is 0.399 e. The molecule has 0 aliphatic rings. The highest BCUT2D eigenvalue weighted by Crippen LogP contribution is 2.21. The molecular formula is C11H12N4S. The van der Waals surface area contributed by atoms with Crippen LogP contribution in [0.4, 0.5) is 5.69 Å². The molecule has 2 rings (SSSR count). The van der Waals surface area contributed by atoms with Crippen LogP contribution in [0, 0.1) is 11.3 Å². The first-order chi connectivity index (χ1) is 7.79. The first-order valence-corrected chi connectivity index (χ1v) is 6.03. The Bertz CT molecular complexity index is 526. The van der Waals surface area contributed by atoms with Crippen molar-refractivity contribution >= 4 is 28.5 Å². The predicted octanol–water partition coefficient (Wildman–Crippen LogP) is 2.54. The first kappa shape index (κ1) is 10.8. The first-order valence-electron chi connectivity index (χ1n) is 5.04. The zero-order chi connectivity index (χ0) is 11.4. The Hall–Kier alpha value is -1.67. The lowest BCUT2D eigenvalue weighted by Crippen LogP contribution is -1.82. The quantitative estimate of drug-likeness (QED) is 0.482. The summed E-state index contributed by atoms with van der Waals surface area (Å²) in [6.45, 7) is 0. The van der Waals surface area contributed by atoms with E-state index in [1.54, 1.807) is 11.8 Å². The van der Waals surface area contributed by atoms with Crippen molar-refractivity contribution in [3.8, 4) is 6.07 Å². The number of benzene rings is 1. The van der Waals surface area contributed by atoms with Gasteiger partial charge in [0.2, 0.25) is 0 Å². The molecule has 3 N–H and O–H groups in total. The number of H-pyrrole nitrogens is 1. The summed E-state index contributed by atoms with van der Waals surface area (Å²) in [5.41, 5.74) is 8.30. The van der Waals surface area contributed by atoms with E-state index >= 15 is 0 Å². The monoisotopic (exact) mass is 232 g/mol. The normalized spacial score (nSPS) is 10.4. The minimum absolute atomic E-state index is 0.597. The van der Waals surface area contributed by atoms with Gasteiger partial charge in [-0.2, -0.15) is 5.26 Å². The van der Waals surface area contributed by atoms with Gasteiger partial charge in [0.1, 0.15) is 0 Å². The minimum atomic E-state index is 0.597. The molecule has 4 nitrogen and oxygen atoms in total. The van der Waals surface area contributed by atoms with Crippen molar-refractivity contribution in [3.05, 3.63) is 18.2 Å². The second-order valence-corrected chi connectivity index (χ2v) is 4.51. The summed E-state index contributed by atoms with van der Waals surface area (Å²) in [6.07, 6.45) is 1.49. The number of rotatable bonds is 4. The molecule has 1 heterocycles. The number of aromatic amines is 1. The van der Waals surface area contributed by atoms with Crippen LogP contribution in [0.15, 0.2) is 23.4 Å². The van der Waals surface area contributed by atoms with Gasteiger partial charge in [0.25, 0.3) is 0 Å². The number of imidazole rings is 1. The molecule has 0 radical (unpaired) electrons. The molecule has 5 heteroatoms. The van der Waals surface area contributed by atoms with Crippen LogP contribution in [0.1, 0.15) is 12.8 Å². The van der Waals surface area contributed by atoms with E-state index in [-0.39, 0.29) is 0 Å². The molecule has 2 aromatic rings. The molecule has 0 fully saturated rings. The highest BCUT2D eigenvalue weighted by Gasteiger charge is 2.02. The van der Waals surface area contributed by atoms with Crippen molar-refractivity contribution in [3.63, 3.8) is 0 Å². The minimum Gasteiger partial charge on any atom is -0.399 e. The molecule has 0 amide bonds. The smallest absolute Gasteiger partial charge is 0.166 e. The van der Waals surface area contributed by atoms with Crippen LogP contribution in [0.25, 0.3) is 11.0 Å².